The van der Waals surface area contributed by atoms with Gasteiger partial charge < -0.3 is 5.73 Å². The van der Waals surface area contributed by atoms with Crippen molar-refractivity contribution < 1.29 is 0 Å². The van der Waals surface area contributed by atoms with Gasteiger partial charge >= 0.3 is 0 Å². The van der Waals surface area contributed by atoms with E-state index in [2.05, 4.69) is 18.1 Å². The van der Waals surface area contributed by atoms with Crippen molar-refractivity contribution in [1.82, 2.24) is 9.78 Å². The van der Waals surface area contributed by atoms with E-state index in [1.165, 1.54) is 5.69 Å². The Morgan fingerprint density at radius 3 is 2.54 bits per heavy atom. The van der Waals surface area contributed by atoms with Crippen LogP contribution in [-0.4, -0.2) is 15.8 Å². The molecule has 1 rings (SSSR count). The molecule has 0 fully saturated rings. The number of aryl methyl sites for hydroxylation is 2. The van der Waals surface area contributed by atoms with Gasteiger partial charge in [0.2, 0.25) is 0 Å². The van der Waals surface area contributed by atoms with Crippen LogP contribution < -0.4 is 5.73 Å². The van der Waals surface area contributed by atoms with E-state index in [-0.39, 0.29) is 6.04 Å². The number of nitrogens with two attached hydrogens (primary N) is 1. The summed E-state index contributed by atoms with van der Waals surface area (Å²) in [6.45, 7) is 6.24. The van der Waals surface area contributed by atoms with Crippen molar-refractivity contribution in [3.63, 3.8) is 0 Å². The lowest BCUT2D eigenvalue weighted by Gasteiger charge is -2.14. The zero-order chi connectivity index (χ0) is 10.0. The molecule has 0 aliphatic rings. The Morgan fingerprint density at radius 2 is 2.15 bits per heavy atom. The van der Waals surface area contributed by atoms with Gasteiger partial charge in [0.25, 0.3) is 0 Å². The summed E-state index contributed by atoms with van der Waals surface area (Å²) >= 11 is 0. The fourth-order valence-corrected chi connectivity index (χ4v) is 1.37. The molecule has 74 valence electrons. The molecule has 0 amide bonds. The minimum absolute atomic E-state index is 0.246. The molecule has 0 bridgehead atoms. The van der Waals surface area contributed by atoms with Gasteiger partial charge in [0, 0.05) is 18.8 Å². The summed E-state index contributed by atoms with van der Waals surface area (Å²) in [6, 6.07) is 2.37. The van der Waals surface area contributed by atoms with Crippen molar-refractivity contribution >= 4 is 0 Å². The van der Waals surface area contributed by atoms with Crippen LogP contribution in [0.1, 0.15) is 25.2 Å². The van der Waals surface area contributed by atoms with Crippen LogP contribution in [0.2, 0.25) is 0 Å². The molecule has 1 heterocycles. The quantitative estimate of drug-likeness (QED) is 0.762. The molecular weight excluding hydrogens is 162 g/mol. The van der Waals surface area contributed by atoms with Gasteiger partial charge in [-0.1, -0.05) is 6.92 Å². The second kappa shape index (κ2) is 3.92. The molecule has 0 aliphatic heterocycles. The predicted octanol–water partition coefficient (Wildman–Crippen LogP) is 1.25. The molecule has 1 aromatic rings. The van der Waals surface area contributed by atoms with Crippen molar-refractivity contribution in [3.05, 3.63) is 17.5 Å². The Labute approximate surface area is 79.9 Å². The van der Waals surface area contributed by atoms with Gasteiger partial charge in [0.05, 0.1) is 5.69 Å². The maximum atomic E-state index is 5.81. The summed E-state index contributed by atoms with van der Waals surface area (Å²) < 4.78 is 1.94. The number of hydrogen-bond acceptors (Lipinski definition) is 2. The van der Waals surface area contributed by atoms with Gasteiger partial charge in [-0.05, 0) is 32.3 Å². The summed E-state index contributed by atoms with van der Waals surface area (Å²) in [5.41, 5.74) is 8.16. The Balaban J connectivity index is 2.68. The Morgan fingerprint density at radius 1 is 1.54 bits per heavy atom. The van der Waals surface area contributed by atoms with Gasteiger partial charge in [-0.2, -0.15) is 5.10 Å². The largest absolute Gasteiger partial charge is 0.328 e. The molecule has 2 N–H and O–H groups in total. The molecule has 0 spiro atoms. The van der Waals surface area contributed by atoms with E-state index in [9.17, 15) is 0 Å². The zero-order valence-electron chi connectivity index (χ0n) is 8.91. The molecule has 0 aliphatic carbocycles. The normalized spacial score (nSPS) is 15.8. The van der Waals surface area contributed by atoms with Gasteiger partial charge in [0.15, 0.2) is 0 Å². The predicted molar refractivity (Wildman–Crippen MR) is 54.5 cm³/mol. The third kappa shape index (κ3) is 2.56. The van der Waals surface area contributed by atoms with Crippen LogP contribution in [0, 0.1) is 12.8 Å². The summed E-state index contributed by atoms with van der Waals surface area (Å²) in [5, 5.41) is 4.30. The highest BCUT2D eigenvalue weighted by Crippen LogP contribution is 2.11. The van der Waals surface area contributed by atoms with Crippen LogP contribution in [0.5, 0.6) is 0 Å². The second-order valence-electron chi connectivity index (χ2n) is 3.94. The van der Waals surface area contributed by atoms with Crippen molar-refractivity contribution in [2.75, 3.05) is 0 Å². The molecule has 0 radical (unpaired) electrons. The summed E-state index contributed by atoms with van der Waals surface area (Å²) in [6.07, 6.45) is 1.01. The van der Waals surface area contributed by atoms with Crippen molar-refractivity contribution in [1.29, 1.82) is 0 Å². The molecule has 1 aromatic heterocycles. The standard InChI is InChI=1S/C10H19N3/c1-7(9(3)11)5-10-6-8(2)12-13(10)4/h6-7,9H,5,11H2,1-4H3. The van der Waals surface area contributed by atoms with Crippen molar-refractivity contribution in [2.45, 2.75) is 33.2 Å². The van der Waals surface area contributed by atoms with Crippen LogP contribution in [0.4, 0.5) is 0 Å². The van der Waals surface area contributed by atoms with Crippen LogP contribution in [-0.2, 0) is 13.5 Å². The minimum Gasteiger partial charge on any atom is -0.328 e. The first-order valence-electron chi connectivity index (χ1n) is 4.75. The van der Waals surface area contributed by atoms with Gasteiger partial charge in [-0.3, -0.25) is 4.68 Å². The molecule has 13 heavy (non-hydrogen) atoms. The number of rotatable bonds is 3. The van der Waals surface area contributed by atoms with Crippen LogP contribution >= 0.6 is 0 Å². The lowest BCUT2D eigenvalue weighted by molar-refractivity contribution is 0.466. The smallest absolute Gasteiger partial charge is 0.0596 e. The number of aromatic nitrogens is 2. The summed E-state index contributed by atoms with van der Waals surface area (Å²) in [5.74, 6) is 0.509. The molecule has 3 nitrogen and oxygen atoms in total. The first-order valence-corrected chi connectivity index (χ1v) is 4.75. The molecule has 3 heteroatoms. The Kier molecular flexibility index (Phi) is 3.09. The fourth-order valence-electron chi connectivity index (χ4n) is 1.37. The third-order valence-electron chi connectivity index (χ3n) is 2.53. The Bertz CT molecular complexity index is 276. The second-order valence-corrected chi connectivity index (χ2v) is 3.94. The third-order valence-corrected chi connectivity index (χ3v) is 2.53. The minimum atomic E-state index is 0.246. The molecular formula is C10H19N3. The molecule has 0 aromatic carbocycles. The molecule has 0 saturated carbocycles. The maximum Gasteiger partial charge on any atom is 0.0596 e. The zero-order valence-corrected chi connectivity index (χ0v) is 8.91. The lowest BCUT2D eigenvalue weighted by atomic mass is 9.98. The van der Waals surface area contributed by atoms with Crippen LogP contribution in [0.25, 0.3) is 0 Å². The van der Waals surface area contributed by atoms with Gasteiger partial charge in [0.1, 0.15) is 0 Å². The van der Waals surface area contributed by atoms with Gasteiger partial charge in [-0.15, -0.1) is 0 Å². The monoisotopic (exact) mass is 181 g/mol. The molecule has 2 unspecified atom stereocenters. The van der Waals surface area contributed by atoms with E-state index < -0.39 is 0 Å². The van der Waals surface area contributed by atoms with E-state index in [1.807, 2.05) is 25.6 Å². The van der Waals surface area contributed by atoms with Crippen LogP contribution in [0.3, 0.4) is 0 Å². The lowest BCUT2D eigenvalue weighted by Crippen LogP contribution is -2.26. The fraction of sp³-hybridized carbons (Fsp3) is 0.700. The topological polar surface area (TPSA) is 43.8 Å². The highest BCUT2D eigenvalue weighted by Gasteiger charge is 2.11. The van der Waals surface area contributed by atoms with E-state index in [1.54, 1.807) is 0 Å². The number of nitrogens with zero attached hydrogens (tertiary/aromatic N) is 2. The highest BCUT2D eigenvalue weighted by atomic mass is 15.3. The first-order chi connectivity index (χ1) is 6.00. The van der Waals surface area contributed by atoms with Crippen molar-refractivity contribution in [2.24, 2.45) is 18.7 Å². The van der Waals surface area contributed by atoms with E-state index >= 15 is 0 Å². The molecule has 0 saturated heterocycles. The first kappa shape index (κ1) is 10.3. The average molecular weight is 181 g/mol. The van der Waals surface area contributed by atoms with E-state index in [0.29, 0.717) is 5.92 Å². The SMILES string of the molecule is Cc1cc(CC(C)C(C)N)n(C)n1. The van der Waals surface area contributed by atoms with E-state index in [4.69, 9.17) is 5.73 Å². The van der Waals surface area contributed by atoms with Crippen LogP contribution in [0.15, 0.2) is 6.07 Å². The highest BCUT2D eigenvalue weighted by molar-refractivity contribution is 5.09. The summed E-state index contributed by atoms with van der Waals surface area (Å²) in [7, 11) is 1.98. The Hall–Kier alpha value is -0.830. The van der Waals surface area contributed by atoms with E-state index in [0.717, 1.165) is 12.1 Å². The summed E-state index contributed by atoms with van der Waals surface area (Å²) in [4.78, 5) is 0. The number of hydrogen-bond donors (Lipinski definition) is 1. The van der Waals surface area contributed by atoms with Gasteiger partial charge in [-0.25, -0.2) is 0 Å². The maximum absolute atomic E-state index is 5.81. The average Bonchev–Trinajstić information content (AvgIpc) is 2.30. The van der Waals surface area contributed by atoms with Crippen molar-refractivity contribution in [3.8, 4) is 0 Å². The molecule has 2 atom stereocenters.